The zero-order valence-electron chi connectivity index (χ0n) is 15.7. The molecule has 0 saturated carbocycles. The van der Waals surface area contributed by atoms with Crippen LogP contribution in [0, 0.1) is 11.6 Å². The van der Waals surface area contributed by atoms with Crippen LogP contribution in [0.1, 0.15) is 28.8 Å². The molecule has 1 aliphatic heterocycles. The lowest BCUT2D eigenvalue weighted by Gasteiger charge is -2.34. The van der Waals surface area contributed by atoms with Crippen LogP contribution in [-0.2, 0) is 11.2 Å². The monoisotopic (exact) mass is 386 g/mol. The smallest absolute Gasteiger partial charge is 0.222 e. The third kappa shape index (κ3) is 5.45. The summed E-state index contributed by atoms with van der Waals surface area (Å²) < 4.78 is 26.6. The van der Waals surface area contributed by atoms with Crippen LogP contribution >= 0.6 is 0 Å². The van der Waals surface area contributed by atoms with E-state index in [-0.39, 0.29) is 29.9 Å². The third-order valence-corrected chi connectivity index (χ3v) is 5.05. The Bertz CT molecular complexity index is 816. The maximum atomic E-state index is 13.6. The van der Waals surface area contributed by atoms with Gasteiger partial charge in [0.2, 0.25) is 5.91 Å². The first-order valence-electron chi connectivity index (χ1n) is 9.55. The van der Waals surface area contributed by atoms with Crippen molar-refractivity contribution in [3.63, 3.8) is 0 Å². The lowest BCUT2D eigenvalue weighted by Crippen LogP contribution is -2.49. The maximum Gasteiger partial charge on any atom is 0.222 e. The van der Waals surface area contributed by atoms with Gasteiger partial charge < -0.3 is 4.90 Å². The molecule has 4 nitrogen and oxygen atoms in total. The highest BCUT2D eigenvalue weighted by Gasteiger charge is 2.22. The molecule has 1 aliphatic rings. The van der Waals surface area contributed by atoms with Crippen molar-refractivity contribution in [3.8, 4) is 0 Å². The number of carbonyl (C=O) groups is 2. The number of nitrogens with zero attached hydrogens (tertiary/aromatic N) is 2. The second-order valence-corrected chi connectivity index (χ2v) is 7.03. The number of hydrogen-bond acceptors (Lipinski definition) is 3. The Morgan fingerprint density at radius 3 is 2.25 bits per heavy atom. The van der Waals surface area contributed by atoms with Gasteiger partial charge in [0.25, 0.3) is 0 Å². The number of amides is 1. The summed E-state index contributed by atoms with van der Waals surface area (Å²) in [7, 11) is 0. The molecule has 1 saturated heterocycles. The van der Waals surface area contributed by atoms with Crippen molar-refractivity contribution in [2.24, 2.45) is 0 Å². The van der Waals surface area contributed by atoms with E-state index in [9.17, 15) is 18.4 Å². The number of carbonyl (C=O) groups excluding carboxylic acids is 2. The zero-order valence-corrected chi connectivity index (χ0v) is 15.7. The van der Waals surface area contributed by atoms with Gasteiger partial charge in [-0.05, 0) is 48.7 Å². The van der Waals surface area contributed by atoms with Gasteiger partial charge in [0, 0.05) is 38.2 Å². The molecule has 0 bridgehead atoms. The molecule has 0 unspecified atom stereocenters. The molecule has 0 atom stereocenters. The second kappa shape index (κ2) is 9.55. The molecule has 148 valence electrons. The lowest BCUT2D eigenvalue weighted by atomic mass is 10.1. The Morgan fingerprint density at radius 2 is 1.57 bits per heavy atom. The fraction of sp³-hybridized carbons (Fsp3) is 0.364. The Labute approximate surface area is 163 Å². The standard InChI is InChI=1S/C22H24F2N2O2/c23-19-10-8-18(9-11-19)21(27)16-25-12-14-26(15-13-25)22(28)7-3-5-17-4-1-2-6-20(17)24/h1-2,4,6,8-11H,3,5,7,12-16H2. The topological polar surface area (TPSA) is 40.6 Å². The van der Waals surface area contributed by atoms with Gasteiger partial charge in [0.1, 0.15) is 11.6 Å². The fourth-order valence-corrected chi connectivity index (χ4v) is 3.37. The fourth-order valence-electron chi connectivity index (χ4n) is 3.37. The molecule has 0 radical (unpaired) electrons. The number of Topliss-reactive ketones (excluding diaryl/α,β-unsaturated/α-hetero) is 1. The van der Waals surface area contributed by atoms with Crippen molar-refractivity contribution in [3.05, 3.63) is 71.3 Å². The van der Waals surface area contributed by atoms with Gasteiger partial charge in [0.15, 0.2) is 5.78 Å². The van der Waals surface area contributed by atoms with Gasteiger partial charge in [-0.15, -0.1) is 0 Å². The van der Waals surface area contributed by atoms with E-state index in [4.69, 9.17) is 0 Å². The minimum absolute atomic E-state index is 0.0512. The summed E-state index contributed by atoms with van der Waals surface area (Å²) in [5.74, 6) is -0.571. The molecule has 0 aliphatic carbocycles. The van der Waals surface area contributed by atoms with Gasteiger partial charge in [0.05, 0.1) is 6.54 Å². The molecule has 0 aromatic heterocycles. The second-order valence-electron chi connectivity index (χ2n) is 7.03. The Hall–Kier alpha value is -2.60. The number of hydrogen-bond donors (Lipinski definition) is 0. The first-order chi connectivity index (χ1) is 13.5. The van der Waals surface area contributed by atoms with E-state index in [1.165, 1.54) is 30.3 Å². The minimum atomic E-state index is -0.362. The highest BCUT2D eigenvalue weighted by molar-refractivity contribution is 5.97. The van der Waals surface area contributed by atoms with Gasteiger partial charge in [-0.3, -0.25) is 14.5 Å². The van der Waals surface area contributed by atoms with Crippen LogP contribution in [-0.4, -0.2) is 54.2 Å². The maximum absolute atomic E-state index is 13.6. The molecule has 2 aromatic carbocycles. The average Bonchev–Trinajstić information content (AvgIpc) is 2.70. The number of piperazine rings is 1. The summed E-state index contributed by atoms with van der Waals surface area (Å²) in [6.07, 6.45) is 1.55. The van der Waals surface area contributed by atoms with E-state index in [0.29, 0.717) is 56.6 Å². The molecule has 1 heterocycles. The van der Waals surface area contributed by atoms with Crippen LogP contribution < -0.4 is 0 Å². The van der Waals surface area contributed by atoms with Crippen molar-refractivity contribution >= 4 is 11.7 Å². The summed E-state index contributed by atoms with van der Waals surface area (Å²) in [4.78, 5) is 28.4. The van der Waals surface area contributed by atoms with Crippen LogP contribution in [0.2, 0.25) is 0 Å². The van der Waals surface area contributed by atoms with Crippen molar-refractivity contribution < 1.29 is 18.4 Å². The first-order valence-corrected chi connectivity index (χ1v) is 9.55. The van der Waals surface area contributed by atoms with Crippen molar-refractivity contribution in [2.45, 2.75) is 19.3 Å². The summed E-state index contributed by atoms with van der Waals surface area (Å²) in [6, 6.07) is 12.2. The number of benzene rings is 2. The van der Waals surface area contributed by atoms with E-state index in [0.717, 1.165) is 0 Å². The number of halogens is 2. The van der Waals surface area contributed by atoms with Crippen molar-refractivity contribution in [1.29, 1.82) is 0 Å². The predicted molar refractivity (Wildman–Crippen MR) is 103 cm³/mol. The average molecular weight is 386 g/mol. The molecule has 28 heavy (non-hydrogen) atoms. The minimum Gasteiger partial charge on any atom is -0.340 e. The first kappa shape index (κ1) is 20.1. The van der Waals surface area contributed by atoms with Crippen LogP contribution in [0.25, 0.3) is 0 Å². The molecule has 2 aromatic rings. The Kier molecular flexibility index (Phi) is 6.87. The Balaban J connectivity index is 1.39. The molecular formula is C22H24F2N2O2. The number of aryl methyl sites for hydroxylation is 1. The van der Waals surface area contributed by atoms with Gasteiger partial charge in [-0.1, -0.05) is 18.2 Å². The van der Waals surface area contributed by atoms with E-state index in [2.05, 4.69) is 0 Å². The van der Waals surface area contributed by atoms with Gasteiger partial charge >= 0.3 is 0 Å². The molecule has 6 heteroatoms. The van der Waals surface area contributed by atoms with Crippen LogP contribution in [0.4, 0.5) is 8.78 Å². The summed E-state index contributed by atoms with van der Waals surface area (Å²) in [5, 5.41) is 0. The quantitative estimate of drug-likeness (QED) is 0.686. The van der Waals surface area contributed by atoms with Crippen LogP contribution in [0.5, 0.6) is 0 Å². The van der Waals surface area contributed by atoms with E-state index < -0.39 is 0 Å². The van der Waals surface area contributed by atoms with Gasteiger partial charge in [-0.2, -0.15) is 0 Å². The largest absolute Gasteiger partial charge is 0.340 e. The molecule has 1 amide bonds. The van der Waals surface area contributed by atoms with Crippen molar-refractivity contribution in [1.82, 2.24) is 9.80 Å². The van der Waals surface area contributed by atoms with Crippen molar-refractivity contribution in [2.75, 3.05) is 32.7 Å². The normalized spacial score (nSPS) is 14.9. The molecule has 0 N–H and O–H groups in total. The van der Waals surface area contributed by atoms with E-state index in [1.807, 2.05) is 4.90 Å². The SMILES string of the molecule is O=C(CN1CCN(C(=O)CCCc2ccccc2F)CC1)c1ccc(F)cc1. The molecular weight excluding hydrogens is 362 g/mol. The predicted octanol–water partition coefficient (Wildman–Crippen LogP) is 3.31. The number of rotatable bonds is 7. The highest BCUT2D eigenvalue weighted by atomic mass is 19.1. The highest BCUT2D eigenvalue weighted by Crippen LogP contribution is 2.12. The summed E-state index contributed by atoms with van der Waals surface area (Å²) in [6.45, 7) is 2.68. The zero-order chi connectivity index (χ0) is 19.9. The third-order valence-electron chi connectivity index (χ3n) is 5.05. The lowest BCUT2D eigenvalue weighted by molar-refractivity contribution is -0.132. The number of ketones is 1. The summed E-state index contributed by atoms with van der Waals surface area (Å²) in [5.41, 5.74) is 1.13. The summed E-state index contributed by atoms with van der Waals surface area (Å²) >= 11 is 0. The van der Waals surface area contributed by atoms with E-state index in [1.54, 1.807) is 23.1 Å². The van der Waals surface area contributed by atoms with Gasteiger partial charge in [-0.25, -0.2) is 8.78 Å². The van der Waals surface area contributed by atoms with Crippen LogP contribution in [0.3, 0.4) is 0 Å². The molecule has 1 fully saturated rings. The Morgan fingerprint density at radius 1 is 0.893 bits per heavy atom. The van der Waals surface area contributed by atoms with Crippen LogP contribution in [0.15, 0.2) is 48.5 Å². The molecule has 0 spiro atoms. The molecule has 3 rings (SSSR count). The van der Waals surface area contributed by atoms with E-state index >= 15 is 0 Å².